The predicted octanol–water partition coefficient (Wildman–Crippen LogP) is 2.50. The minimum Gasteiger partial charge on any atom is -0.359 e. The van der Waals surface area contributed by atoms with E-state index in [-0.39, 0.29) is 29.8 Å². The van der Waals surface area contributed by atoms with Crippen molar-refractivity contribution in [3.8, 4) is 0 Å². The second kappa shape index (κ2) is 7.83. The fourth-order valence-corrected chi connectivity index (χ4v) is 1.69. The zero-order valence-corrected chi connectivity index (χ0v) is 13.0. The third-order valence-electron chi connectivity index (χ3n) is 1.84. The van der Waals surface area contributed by atoms with E-state index in [2.05, 4.69) is 31.6 Å². The van der Waals surface area contributed by atoms with Crippen molar-refractivity contribution in [2.45, 2.75) is 6.54 Å². The van der Waals surface area contributed by atoms with E-state index in [0.717, 1.165) is 10.0 Å². The Kier molecular flexibility index (Phi) is 7.65. The van der Waals surface area contributed by atoms with Crippen LogP contribution in [0.1, 0.15) is 5.56 Å². The molecular formula is C10H14BrFIN3. The van der Waals surface area contributed by atoms with Gasteiger partial charge in [-0.2, -0.15) is 0 Å². The van der Waals surface area contributed by atoms with Gasteiger partial charge in [0, 0.05) is 25.1 Å². The van der Waals surface area contributed by atoms with Crippen LogP contribution in [0.25, 0.3) is 0 Å². The van der Waals surface area contributed by atoms with Gasteiger partial charge in [-0.15, -0.1) is 24.0 Å². The Morgan fingerprint density at radius 2 is 2.12 bits per heavy atom. The van der Waals surface area contributed by atoms with Crippen molar-refractivity contribution in [1.29, 1.82) is 0 Å². The molecule has 3 nitrogen and oxygen atoms in total. The van der Waals surface area contributed by atoms with Crippen molar-refractivity contribution in [3.05, 3.63) is 34.1 Å². The molecule has 0 aliphatic rings. The van der Waals surface area contributed by atoms with Crippen LogP contribution in [0.3, 0.4) is 0 Å². The SMILES string of the molecule is CN=C(NC)NCc1cc(F)cc(Br)c1.I. The molecule has 16 heavy (non-hydrogen) atoms. The zero-order chi connectivity index (χ0) is 11.3. The molecule has 1 aromatic rings. The maximum Gasteiger partial charge on any atom is 0.190 e. The molecule has 1 aromatic carbocycles. The number of rotatable bonds is 2. The summed E-state index contributed by atoms with van der Waals surface area (Å²) in [7, 11) is 3.46. The van der Waals surface area contributed by atoms with Crippen molar-refractivity contribution in [2.24, 2.45) is 4.99 Å². The number of nitrogens with one attached hydrogen (secondary N) is 2. The van der Waals surface area contributed by atoms with Crippen molar-refractivity contribution >= 4 is 45.9 Å². The van der Waals surface area contributed by atoms with Gasteiger partial charge in [0.1, 0.15) is 5.82 Å². The Balaban J connectivity index is 0.00000225. The van der Waals surface area contributed by atoms with Gasteiger partial charge in [0.2, 0.25) is 0 Å². The Morgan fingerprint density at radius 3 is 2.62 bits per heavy atom. The molecule has 90 valence electrons. The molecule has 0 saturated heterocycles. The van der Waals surface area contributed by atoms with Gasteiger partial charge < -0.3 is 10.6 Å². The number of hydrogen-bond acceptors (Lipinski definition) is 1. The largest absolute Gasteiger partial charge is 0.359 e. The molecule has 0 radical (unpaired) electrons. The van der Waals surface area contributed by atoms with Gasteiger partial charge in [-0.25, -0.2) is 4.39 Å². The van der Waals surface area contributed by atoms with E-state index in [1.165, 1.54) is 12.1 Å². The Bertz CT molecular complexity index is 351. The molecule has 0 heterocycles. The highest BCUT2D eigenvalue weighted by Crippen LogP contribution is 2.14. The van der Waals surface area contributed by atoms with Gasteiger partial charge in [-0.1, -0.05) is 15.9 Å². The van der Waals surface area contributed by atoms with Crippen LogP contribution in [0.4, 0.5) is 4.39 Å². The van der Waals surface area contributed by atoms with Gasteiger partial charge >= 0.3 is 0 Å². The average Bonchev–Trinajstić information content (AvgIpc) is 2.18. The molecule has 0 aliphatic heterocycles. The molecule has 0 bridgehead atoms. The lowest BCUT2D eigenvalue weighted by Gasteiger charge is -2.08. The summed E-state index contributed by atoms with van der Waals surface area (Å²) in [5, 5.41) is 5.93. The fraction of sp³-hybridized carbons (Fsp3) is 0.300. The zero-order valence-electron chi connectivity index (χ0n) is 9.05. The third-order valence-corrected chi connectivity index (χ3v) is 2.30. The molecule has 0 atom stereocenters. The van der Waals surface area contributed by atoms with Crippen LogP contribution in [0.5, 0.6) is 0 Å². The molecule has 0 aliphatic carbocycles. The second-order valence-electron chi connectivity index (χ2n) is 2.95. The van der Waals surface area contributed by atoms with Gasteiger partial charge in [0.15, 0.2) is 5.96 Å². The van der Waals surface area contributed by atoms with Crippen molar-refractivity contribution < 1.29 is 4.39 Å². The lowest BCUT2D eigenvalue weighted by atomic mass is 10.2. The Labute approximate surface area is 120 Å². The van der Waals surface area contributed by atoms with Crippen LogP contribution in [-0.4, -0.2) is 20.1 Å². The summed E-state index contributed by atoms with van der Waals surface area (Å²) in [4.78, 5) is 3.96. The van der Waals surface area contributed by atoms with Crippen molar-refractivity contribution in [2.75, 3.05) is 14.1 Å². The van der Waals surface area contributed by atoms with Crippen LogP contribution in [-0.2, 0) is 6.54 Å². The number of hydrogen-bond donors (Lipinski definition) is 2. The molecule has 0 amide bonds. The molecule has 0 unspecified atom stereocenters. The number of halogens is 3. The number of benzene rings is 1. The topological polar surface area (TPSA) is 36.4 Å². The molecule has 1 rings (SSSR count). The highest BCUT2D eigenvalue weighted by molar-refractivity contribution is 14.0. The number of aliphatic imine (C=N–C) groups is 1. The van der Waals surface area contributed by atoms with Crippen LogP contribution < -0.4 is 10.6 Å². The summed E-state index contributed by atoms with van der Waals surface area (Å²) in [6.07, 6.45) is 0. The second-order valence-corrected chi connectivity index (χ2v) is 3.87. The van der Waals surface area contributed by atoms with Crippen LogP contribution in [0, 0.1) is 5.82 Å². The molecule has 0 aromatic heterocycles. The maximum atomic E-state index is 13.0. The van der Waals surface area contributed by atoms with E-state index in [1.807, 2.05) is 6.07 Å². The fourth-order valence-electron chi connectivity index (χ4n) is 1.18. The monoisotopic (exact) mass is 401 g/mol. The average molecular weight is 402 g/mol. The van der Waals surface area contributed by atoms with Gasteiger partial charge in [-0.05, 0) is 23.8 Å². The number of guanidine groups is 1. The molecule has 0 spiro atoms. The minimum atomic E-state index is -0.249. The molecule has 2 N–H and O–H groups in total. The summed E-state index contributed by atoms with van der Waals surface area (Å²) in [6.45, 7) is 0.532. The minimum absolute atomic E-state index is 0. The lowest BCUT2D eigenvalue weighted by Crippen LogP contribution is -2.34. The first-order valence-corrected chi connectivity index (χ1v) is 5.28. The Hall–Kier alpha value is -0.370. The highest BCUT2D eigenvalue weighted by Gasteiger charge is 1.99. The first-order chi connectivity index (χ1) is 7.15. The van der Waals surface area contributed by atoms with E-state index in [9.17, 15) is 4.39 Å². The summed E-state index contributed by atoms with van der Waals surface area (Å²) < 4.78 is 13.7. The summed E-state index contributed by atoms with van der Waals surface area (Å²) in [5.74, 6) is 0.427. The highest BCUT2D eigenvalue weighted by atomic mass is 127. The maximum absolute atomic E-state index is 13.0. The smallest absolute Gasteiger partial charge is 0.190 e. The summed E-state index contributed by atoms with van der Waals surface area (Å²) >= 11 is 3.24. The van der Waals surface area contributed by atoms with E-state index in [1.54, 1.807) is 14.1 Å². The Morgan fingerprint density at radius 1 is 1.44 bits per heavy atom. The van der Waals surface area contributed by atoms with E-state index in [0.29, 0.717) is 12.5 Å². The van der Waals surface area contributed by atoms with Gasteiger partial charge in [0.25, 0.3) is 0 Å². The quantitative estimate of drug-likeness (QED) is 0.454. The van der Waals surface area contributed by atoms with Crippen LogP contribution in [0.2, 0.25) is 0 Å². The van der Waals surface area contributed by atoms with E-state index in [4.69, 9.17) is 0 Å². The number of nitrogens with zero attached hydrogens (tertiary/aromatic N) is 1. The molecule has 0 fully saturated rings. The van der Waals surface area contributed by atoms with Crippen molar-refractivity contribution in [3.63, 3.8) is 0 Å². The van der Waals surface area contributed by atoms with Crippen LogP contribution >= 0.6 is 39.9 Å². The van der Waals surface area contributed by atoms with Crippen molar-refractivity contribution in [1.82, 2.24) is 10.6 Å². The molecule has 0 saturated carbocycles. The lowest BCUT2D eigenvalue weighted by molar-refractivity contribution is 0.623. The van der Waals surface area contributed by atoms with Gasteiger partial charge in [0.05, 0.1) is 0 Å². The van der Waals surface area contributed by atoms with E-state index >= 15 is 0 Å². The normalized spacial score (nSPS) is 10.6. The van der Waals surface area contributed by atoms with Gasteiger partial charge in [-0.3, -0.25) is 4.99 Å². The first kappa shape index (κ1) is 15.6. The van der Waals surface area contributed by atoms with Crippen LogP contribution in [0.15, 0.2) is 27.7 Å². The predicted molar refractivity (Wildman–Crippen MR) is 78.8 cm³/mol. The first-order valence-electron chi connectivity index (χ1n) is 4.49. The standard InChI is InChI=1S/C10H13BrFN3.HI/c1-13-10(14-2)15-6-7-3-8(11)5-9(12)4-7;/h3-5H,6H2,1-2H3,(H2,13,14,15);1H. The summed E-state index contributed by atoms with van der Waals surface area (Å²) in [5.41, 5.74) is 0.860. The summed E-state index contributed by atoms with van der Waals surface area (Å²) in [6, 6.07) is 4.77. The van der Waals surface area contributed by atoms with E-state index < -0.39 is 0 Å². The molecule has 6 heteroatoms. The third kappa shape index (κ3) is 5.11. The molecular weight excluding hydrogens is 388 g/mol.